The molecule has 0 unspecified atom stereocenters. The van der Waals surface area contributed by atoms with Gasteiger partial charge in [-0.1, -0.05) is 43.1 Å². The second kappa shape index (κ2) is 8.06. The van der Waals surface area contributed by atoms with Gasteiger partial charge in [0.1, 0.15) is 5.82 Å². The quantitative estimate of drug-likeness (QED) is 0.367. The molecule has 1 N–H and O–H groups in total. The minimum atomic E-state index is -0.189. The van der Waals surface area contributed by atoms with Gasteiger partial charge >= 0.3 is 0 Å². The molecule has 1 aromatic carbocycles. The standard InChI is InChI=1S/C18H21ClN4OS/c1-3-5-6-11-25-18-21-16-14(17(24)22-18)20-15(23(16)4-2)12-7-9-13(19)10-8-12/h7-10H,3-6,11H2,1-2H3,(H,21,22,24). The van der Waals surface area contributed by atoms with Gasteiger partial charge in [-0.25, -0.2) is 9.97 Å². The minimum absolute atomic E-state index is 0.189. The van der Waals surface area contributed by atoms with Crippen LogP contribution in [-0.4, -0.2) is 25.3 Å². The van der Waals surface area contributed by atoms with Gasteiger partial charge in [0.2, 0.25) is 0 Å². The van der Waals surface area contributed by atoms with E-state index in [-0.39, 0.29) is 5.56 Å². The Kier molecular flexibility index (Phi) is 5.81. The average Bonchev–Trinajstić information content (AvgIpc) is 2.98. The molecular weight excluding hydrogens is 356 g/mol. The van der Waals surface area contributed by atoms with Crippen molar-refractivity contribution in [3.05, 3.63) is 39.6 Å². The lowest BCUT2D eigenvalue weighted by Gasteiger charge is -2.06. The SMILES string of the molecule is CCCCCSc1nc2c(nc(-c3ccc(Cl)cc3)n2CC)c(=O)[nH]1. The number of imidazole rings is 1. The number of hydrogen-bond acceptors (Lipinski definition) is 4. The number of halogens is 1. The van der Waals surface area contributed by atoms with Crippen molar-refractivity contribution >= 4 is 34.5 Å². The Bertz CT molecular complexity index is 917. The van der Waals surface area contributed by atoms with Crippen LogP contribution in [-0.2, 0) is 6.54 Å². The Morgan fingerprint density at radius 3 is 2.60 bits per heavy atom. The third-order valence-corrected chi connectivity index (χ3v) is 5.20. The van der Waals surface area contributed by atoms with E-state index in [1.54, 1.807) is 11.8 Å². The molecule has 25 heavy (non-hydrogen) atoms. The first-order valence-electron chi connectivity index (χ1n) is 8.53. The molecule has 5 nitrogen and oxygen atoms in total. The van der Waals surface area contributed by atoms with Crippen molar-refractivity contribution in [2.24, 2.45) is 0 Å². The molecule has 0 aliphatic rings. The number of nitrogens with zero attached hydrogens (tertiary/aromatic N) is 3. The van der Waals surface area contributed by atoms with E-state index in [2.05, 4.69) is 21.9 Å². The Labute approximate surface area is 155 Å². The summed E-state index contributed by atoms with van der Waals surface area (Å²) in [5.74, 6) is 1.69. The zero-order valence-electron chi connectivity index (χ0n) is 14.4. The molecule has 0 amide bonds. The first-order valence-corrected chi connectivity index (χ1v) is 9.89. The molecule has 0 spiro atoms. The summed E-state index contributed by atoms with van der Waals surface area (Å²) in [6, 6.07) is 7.46. The van der Waals surface area contributed by atoms with Gasteiger partial charge in [-0.3, -0.25) is 9.78 Å². The summed E-state index contributed by atoms with van der Waals surface area (Å²) in [4.78, 5) is 24.5. The van der Waals surface area contributed by atoms with Gasteiger partial charge in [0, 0.05) is 22.9 Å². The first kappa shape index (κ1) is 18.0. The van der Waals surface area contributed by atoms with E-state index in [1.165, 1.54) is 12.8 Å². The van der Waals surface area contributed by atoms with Crippen LogP contribution in [0.25, 0.3) is 22.6 Å². The Hall–Kier alpha value is -1.79. The normalized spacial score (nSPS) is 11.3. The Balaban J connectivity index is 2.02. The van der Waals surface area contributed by atoms with Crippen LogP contribution in [0.2, 0.25) is 5.02 Å². The van der Waals surface area contributed by atoms with Gasteiger partial charge in [-0.05, 0) is 37.6 Å². The number of H-pyrrole nitrogens is 1. The number of thioether (sulfide) groups is 1. The predicted octanol–water partition coefficient (Wildman–Crippen LogP) is 4.74. The fraction of sp³-hybridized carbons (Fsp3) is 0.389. The number of aryl methyl sites for hydroxylation is 1. The van der Waals surface area contributed by atoms with Gasteiger partial charge in [0.25, 0.3) is 5.56 Å². The summed E-state index contributed by atoms with van der Waals surface area (Å²) in [6.07, 6.45) is 3.48. The molecule has 0 aliphatic carbocycles. The number of benzene rings is 1. The summed E-state index contributed by atoms with van der Waals surface area (Å²) in [5.41, 5.74) is 1.74. The lowest BCUT2D eigenvalue weighted by atomic mass is 10.2. The monoisotopic (exact) mass is 376 g/mol. The molecule has 3 aromatic rings. The van der Waals surface area contributed by atoms with Crippen LogP contribution < -0.4 is 5.56 Å². The molecule has 0 bridgehead atoms. The maximum absolute atomic E-state index is 12.4. The third-order valence-electron chi connectivity index (χ3n) is 3.99. The summed E-state index contributed by atoms with van der Waals surface area (Å²) >= 11 is 7.56. The van der Waals surface area contributed by atoms with Crippen molar-refractivity contribution < 1.29 is 0 Å². The van der Waals surface area contributed by atoms with E-state index in [0.717, 1.165) is 23.6 Å². The van der Waals surface area contributed by atoms with E-state index in [1.807, 2.05) is 35.8 Å². The van der Waals surface area contributed by atoms with E-state index < -0.39 is 0 Å². The average molecular weight is 377 g/mol. The number of aromatic amines is 1. The maximum Gasteiger partial charge on any atom is 0.279 e. The van der Waals surface area contributed by atoms with Crippen molar-refractivity contribution in [3.63, 3.8) is 0 Å². The number of nitrogens with one attached hydrogen (secondary N) is 1. The molecule has 0 saturated carbocycles. The van der Waals surface area contributed by atoms with Crippen molar-refractivity contribution in [1.82, 2.24) is 19.5 Å². The molecule has 0 aliphatic heterocycles. The zero-order chi connectivity index (χ0) is 17.8. The molecule has 7 heteroatoms. The van der Waals surface area contributed by atoms with Gasteiger partial charge < -0.3 is 4.57 Å². The zero-order valence-corrected chi connectivity index (χ0v) is 16.0. The molecule has 2 aromatic heterocycles. The predicted molar refractivity (Wildman–Crippen MR) is 105 cm³/mol. The molecule has 132 valence electrons. The van der Waals surface area contributed by atoms with Gasteiger partial charge in [-0.2, -0.15) is 0 Å². The van der Waals surface area contributed by atoms with E-state index in [9.17, 15) is 4.79 Å². The molecule has 0 radical (unpaired) electrons. The highest BCUT2D eigenvalue weighted by Crippen LogP contribution is 2.25. The molecule has 2 heterocycles. The van der Waals surface area contributed by atoms with E-state index in [4.69, 9.17) is 11.6 Å². The highest BCUT2D eigenvalue weighted by atomic mass is 35.5. The fourth-order valence-corrected chi connectivity index (χ4v) is 3.68. The van der Waals surface area contributed by atoms with Crippen LogP contribution >= 0.6 is 23.4 Å². The highest BCUT2D eigenvalue weighted by Gasteiger charge is 2.16. The lowest BCUT2D eigenvalue weighted by molar-refractivity contribution is 0.772. The Morgan fingerprint density at radius 1 is 1.16 bits per heavy atom. The van der Waals surface area contributed by atoms with Crippen LogP contribution in [0.5, 0.6) is 0 Å². The third kappa shape index (κ3) is 3.90. The first-order chi connectivity index (χ1) is 12.1. The van der Waals surface area contributed by atoms with Crippen molar-refractivity contribution in [1.29, 1.82) is 0 Å². The van der Waals surface area contributed by atoms with Crippen LogP contribution in [0.4, 0.5) is 0 Å². The van der Waals surface area contributed by atoms with Crippen LogP contribution in [0.3, 0.4) is 0 Å². The second-order valence-corrected chi connectivity index (χ2v) is 7.31. The summed E-state index contributed by atoms with van der Waals surface area (Å²) in [7, 11) is 0. The van der Waals surface area contributed by atoms with Crippen LogP contribution in [0.15, 0.2) is 34.2 Å². The number of hydrogen-bond donors (Lipinski definition) is 1. The Morgan fingerprint density at radius 2 is 1.92 bits per heavy atom. The van der Waals surface area contributed by atoms with Gasteiger partial charge in [0.05, 0.1) is 0 Å². The molecule has 3 rings (SSSR count). The number of aromatic nitrogens is 4. The molecule has 0 saturated heterocycles. The fourth-order valence-electron chi connectivity index (χ4n) is 2.70. The molecule has 0 fully saturated rings. The van der Waals surface area contributed by atoms with Crippen LogP contribution in [0.1, 0.15) is 33.1 Å². The topological polar surface area (TPSA) is 63.6 Å². The van der Waals surface area contributed by atoms with Gasteiger partial charge in [0.15, 0.2) is 16.3 Å². The summed E-state index contributed by atoms with van der Waals surface area (Å²) in [6.45, 7) is 4.89. The van der Waals surface area contributed by atoms with E-state index >= 15 is 0 Å². The van der Waals surface area contributed by atoms with Crippen LogP contribution in [0, 0.1) is 0 Å². The lowest BCUT2D eigenvalue weighted by Crippen LogP contribution is -2.10. The van der Waals surface area contributed by atoms with E-state index in [0.29, 0.717) is 27.9 Å². The number of rotatable bonds is 7. The second-order valence-electron chi connectivity index (χ2n) is 5.79. The summed E-state index contributed by atoms with van der Waals surface area (Å²) < 4.78 is 1.98. The van der Waals surface area contributed by atoms with Crippen molar-refractivity contribution in [3.8, 4) is 11.4 Å². The van der Waals surface area contributed by atoms with Crippen molar-refractivity contribution in [2.75, 3.05) is 5.75 Å². The van der Waals surface area contributed by atoms with Crippen molar-refractivity contribution in [2.45, 2.75) is 44.8 Å². The number of fused-ring (bicyclic) bond motifs is 1. The number of unbranched alkanes of at least 4 members (excludes halogenated alkanes) is 2. The largest absolute Gasteiger partial charge is 0.309 e. The highest BCUT2D eigenvalue weighted by molar-refractivity contribution is 7.99. The maximum atomic E-state index is 12.4. The van der Waals surface area contributed by atoms with Gasteiger partial charge in [-0.15, -0.1) is 0 Å². The molecule has 0 atom stereocenters. The summed E-state index contributed by atoms with van der Waals surface area (Å²) in [5, 5.41) is 1.33. The minimum Gasteiger partial charge on any atom is -0.309 e. The molecular formula is C18H21ClN4OS. The smallest absolute Gasteiger partial charge is 0.279 e.